The first-order valence-electron chi connectivity index (χ1n) is 0.970. The van der Waals surface area contributed by atoms with Crippen LogP contribution in [0.1, 0.15) is 0 Å². The van der Waals surface area contributed by atoms with Gasteiger partial charge in [0.15, 0.2) is 0 Å². The highest BCUT2D eigenvalue weighted by molar-refractivity contribution is 8.69. The quantitative estimate of drug-likeness (QED) is 0.398. The van der Waals surface area contributed by atoms with Crippen LogP contribution in [0.3, 0.4) is 0 Å². The molecule has 0 bridgehead atoms. The molecule has 0 aliphatic rings. The fourth-order valence-electron chi connectivity index (χ4n) is 0.0230. The van der Waals surface area contributed by atoms with Crippen LogP contribution in [-0.2, 0) is 0 Å². The molecule has 0 aromatic heterocycles. The Hall–Kier alpha value is 0.370. The van der Waals surface area contributed by atoms with Gasteiger partial charge in [-0.3, -0.25) is 0 Å². The summed E-state index contributed by atoms with van der Waals surface area (Å²) in [6.07, 6.45) is 0.442. The van der Waals surface area contributed by atoms with Crippen LogP contribution in [0.4, 0.5) is 4.39 Å². The zero-order valence-corrected chi connectivity index (χ0v) is 4.10. The van der Waals surface area contributed by atoms with Gasteiger partial charge in [-0.1, -0.05) is 10.8 Å². The first-order valence-corrected chi connectivity index (χ1v) is 2.90. The molecule has 0 unspecified atom stereocenters. The number of hydrogen-bond acceptors (Lipinski definition) is 2. The molecule has 0 atom stereocenters. The smallest absolute Gasteiger partial charge is 0.0938 e. The van der Waals surface area contributed by atoms with Gasteiger partial charge in [-0.25, -0.2) is 4.39 Å². The maximum Gasteiger partial charge on any atom is 0.0938 e. The highest BCUT2D eigenvalue weighted by Gasteiger charge is 1.55. The number of halogens is 1. The third kappa shape index (κ3) is 4.37. The van der Waals surface area contributed by atoms with E-state index in [2.05, 4.69) is 11.7 Å². The second-order valence-corrected chi connectivity index (χ2v) is 1.48. The fraction of sp³-hybridized carbons (Fsp3) is 0. The molecule has 0 saturated heterocycles. The van der Waals surface area contributed by atoms with E-state index in [0.29, 0.717) is 6.33 Å². The van der Waals surface area contributed by atoms with Crippen molar-refractivity contribution < 1.29 is 4.39 Å². The van der Waals surface area contributed by atoms with E-state index >= 15 is 0 Å². The van der Waals surface area contributed by atoms with Crippen molar-refractivity contribution in [2.45, 2.75) is 0 Å². The van der Waals surface area contributed by atoms with Gasteiger partial charge in [-0.2, -0.15) is 0 Å². The van der Waals surface area contributed by atoms with Crippen molar-refractivity contribution in [3.63, 3.8) is 0 Å². The van der Waals surface area contributed by atoms with Crippen LogP contribution in [0, 0.1) is 0 Å². The minimum absolute atomic E-state index is 0.442. The molecule has 0 saturated carbocycles. The summed E-state index contributed by atoms with van der Waals surface area (Å²) in [4.78, 5) is 0. The number of thiol groups is 1. The van der Waals surface area contributed by atoms with Gasteiger partial charge in [-0.15, -0.1) is 11.7 Å². The molecule has 0 amide bonds. The molecule has 0 rings (SSSR count). The predicted molar refractivity (Wildman–Crippen MR) is 26.8 cm³/mol. The summed E-state index contributed by atoms with van der Waals surface area (Å²) in [6, 6.07) is 0. The second-order valence-electron chi connectivity index (χ2n) is 0.367. The minimum Gasteiger partial charge on any atom is -0.215 e. The number of rotatable bonds is 1. The maximum absolute atomic E-state index is 10.7. The predicted octanol–water partition coefficient (Wildman–Crippen LogP) is 2.01. The molecular weight excluding hydrogens is 107 g/mol. The molecule has 30 valence electrons. The van der Waals surface area contributed by atoms with Crippen LogP contribution in [-0.4, -0.2) is 0 Å². The molecule has 5 heavy (non-hydrogen) atoms. The molecule has 0 N–H and O–H groups in total. The third-order valence-corrected chi connectivity index (χ3v) is 0.702. The molecule has 3 heteroatoms. The van der Waals surface area contributed by atoms with Gasteiger partial charge in [0.25, 0.3) is 0 Å². The van der Waals surface area contributed by atoms with Gasteiger partial charge in [-0.05, 0) is 0 Å². The lowest BCUT2D eigenvalue weighted by molar-refractivity contribution is 0.724. The van der Waals surface area contributed by atoms with Crippen LogP contribution in [0.2, 0.25) is 0 Å². The molecule has 0 aromatic carbocycles. The Bertz CT molecular complexity index is 34.6. The third-order valence-electron chi connectivity index (χ3n) is 0.112. The summed E-state index contributed by atoms with van der Waals surface area (Å²) >= 11 is 3.59. The van der Waals surface area contributed by atoms with Gasteiger partial charge in [0.05, 0.1) is 6.33 Å². The summed E-state index contributed by atoms with van der Waals surface area (Å²) in [6.45, 7) is 0. The summed E-state index contributed by atoms with van der Waals surface area (Å²) in [5.41, 5.74) is 0. The van der Waals surface area contributed by atoms with Gasteiger partial charge < -0.3 is 0 Å². The Labute approximate surface area is 39.3 Å². The van der Waals surface area contributed by atoms with Crippen LogP contribution < -0.4 is 0 Å². The standard InChI is InChI=1S/C2H3FS2/c3-1-2-5-4/h1-2,4H. The van der Waals surface area contributed by atoms with E-state index in [1.807, 2.05) is 0 Å². The summed E-state index contributed by atoms with van der Waals surface area (Å²) in [7, 11) is 1.04. The van der Waals surface area contributed by atoms with Crippen molar-refractivity contribution in [1.82, 2.24) is 0 Å². The minimum atomic E-state index is 0.442. The zero-order chi connectivity index (χ0) is 4.12. The van der Waals surface area contributed by atoms with Gasteiger partial charge in [0, 0.05) is 5.41 Å². The first kappa shape index (κ1) is 5.37. The zero-order valence-electron chi connectivity index (χ0n) is 2.39. The summed E-state index contributed by atoms with van der Waals surface area (Å²) in [5, 5.41) is 1.24. The van der Waals surface area contributed by atoms with E-state index in [0.717, 1.165) is 10.8 Å². The molecule has 0 spiro atoms. The van der Waals surface area contributed by atoms with Crippen LogP contribution >= 0.6 is 22.5 Å². The number of hydrogen-bond donors (Lipinski definition) is 1. The van der Waals surface area contributed by atoms with Crippen molar-refractivity contribution in [3.05, 3.63) is 11.7 Å². The maximum atomic E-state index is 10.7. The van der Waals surface area contributed by atoms with Crippen molar-refractivity contribution in [1.29, 1.82) is 0 Å². The Morgan fingerprint density at radius 2 is 2.40 bits per heavy atom. The molecule has 0 aliphatic heterocycles. The lowest BCUT2D eigenvalue weighted by Crippen LogP contribution is -1.23. The fourth-order valence-corrected chi connectivity index (χ4v) is 0.207. The van der Waals surface area contributed by atoms with Crippen LogP contribution in [0.15, 0.2) is 11.7 Å². The summed E-state index contributed by atoms with van der Waals surface area (Å²) in [5.74, 6) is 0. The Morgan fingerprint density at radius 1 is 1.80 bits per heavy atom. The molecule has 0 fully saturated rings. The van der Waals surface area contributed by atoms with Crippen molar-refractivity contribution in [2.75, 3.05) is 0 Å². The topological polar surface area (TPSA) is 0 Å². The van der Waals surface area contributed by atoms with Crippen LogP contribution in [0.25, 0.3) is 0 Å². The van der Waals surface area contributed by atoms with E-state index in [4.69, 9.17) is 0 Å². The van der Waals surface area contributed by atoms with Gasteiger partial charge in [0.1, 0.15) is 0 Å². The van der Waals surface area contributed by atoms with E-state index < -0.39 is 0 Å². The first-order chi connectivity index (χ1) is 2.41. The summed E-state index contributed by atoms with van der Waals surface area (Å²) < 4.78 is 10.7. The largest absolute Gasteiger partial charge is 0.215 e. The molecule has 0 aromatic rings. The SMILES string of the molecule is FC=CSS. The lowest BCUT2D eigenvalue weighted by Gasteiger charge is -1.62. The Balaban J connectivity index is 2.62. The molecule has 0 nitrogen and oxygen atoms in total. The van der Waals surface area contributed by atoms with Crippen molar-refractivity contribution in [2.24, 2.45) is 0 Å². The molecular formula is C2H3FS2. The highest BCUT2D eigenvalue weighted by Crippen LogP contribution is 2.04. The van der Waals surface area contributed by atoms with Crippen molar-refractivity contribution in [3.8, 4) is 0 Å². The Kier molecular flexibility index (Phi) is 4.69. The molecule has 0 radical (unpaired) electrons. The van der Waals surface area contributed by atoms with E-state index in [1.54, 1.807) is 0 Å². The normalized spacial score (nSPS) is 10.0. The average Bonchev–Trinajstić information content (AvgIpc) is 1.41. The Morgan fingerprint density at radius 3 is 2.40 bits per heavy atom. The van der Waals surface area contributed by atoms with E-state index in [9.17, 15) is 4.39 Å². The molecule has 0 heterocycles. The van der Waals surface area contributed by atoms with Gasteiger partial charge >= 0.3 is 0 Å². The highest BCUT2D eigenvalue weighted by atomic mass is 33.1. The van der Waals surface area contributed by atoms with E-state index in [-0.39, 0.29) is 0 Å². The lowest BCUT2D eigenvalue weighted by atomic mass is 11.2. The second kappa shape index (κ2) is 4.37. The average molecular weight is 110 g/mol. The molecule has 0 aliphatic carbocycles. The van der Waals surface area contributed by atoms with Crippen LogP contribution in [0.5, 0.6) is 0 Å². The monoisotopic (exact) mass is 110 g/mol. The van der Waals surface area contributed by atoms with Gasteiger partial charge in [0.2, 0.25) is 0 Å². The van der Waals surface area contributed by atoms with Crippen molar-refractivity contribution >= 4 is 22.5 Å². The van der Waals surface area contributed by atoms with E-state index in [1.165, 1.54) is 5.41 Å².